The van der Waals surface area contributed by atoms with Gasteiger partial charge in [0.05, 0.1) is 11.1 Å². The Morgan fingerprint density at radius 2 is 1.15 bits per heavy atom. The lowest BCUT2D eigenvalue weighted by molar-refractivity contribution is -0.151. The molecule has 0 radical (unpaired) electrons. The van der Waals surface area contributed by atoms with Crippen LogP contribution in [0.3, 0.4) is 0 Å². The van der Waals surface area contributed by atoms with E-state index in [1.807, 2.05) is 133 Å². The van der Waals surface area contributed by atoms with Crippen molar-refractivity contribution in [3.8, 4) is 11.5 Å². The standard InChI is InChI=1S/C49H40N2O8S/c1-32(52)50-45-41(49(55)59-43(36-20-10-4-11-21-36)37-22-12-5-13-23-37)30-51-46(53)44(47(51)60-45)57-40-24-14-15-33(29-40)31-56-39-27-25-38(26-28-39)48(54)58-42(34-16-6-2-7-17-34)35-18-8-3-9-19-35/h2-30,42-45,47H,31H2,1H3,(H,50,52)/t44?,45?,47-/m1/s1. The molecule has 0 saturated carbocycles. The summed E-state index contributed by atoms with van der Waals surface area (Å²) < 4.78 is 24.3. The smallest absolute Gasteiger partial charge is 0.339 e. The van der Waals surface area contributed by atoms with Crippen LogP contribution in [0.15, 0.2) is 182 Å². The van der Waals surface area contributed by atoms with Gasteiger partial charge >= 0.3 is 11.9 Å². The first-order valence-corrected chi connectivity index (χ1v) is 20.3. The molecule has 1 fully saturated rings. The number of hydrogen-bond donors (Lipinski definition) is 1. The molecule has 2 heterocycles. The Kier molecular flexibility index (Phi) is 12.1. The topological polar surface area (TPSA) is 120 Å². The number of benzene rings is 6. The molecule has 3 atom stereocenters. The van der Waals surface area contributed by atoms with Crippen LogP contribution in [0, 0.1) is 0 Å². The summed E-state index contributed by atoms with van der Waals surface area (Å²) >= 11 is 1.23. The Balaban J connectivity index is 0.899. The molecule has 60 heavy (non-hydrogen) atoms. The summed E-state index contributed by atoms with van der Waals surface area (Å²) in [6, 6.07) is 52.0. The van der Waals surface area contributed by atoms with Gasteiger partial charge in [0.15, 0.2) is 12.2 Å². The number of rotatable bonds is 14. The molecule has 1 N–H and O–H groups in total. The fourth-order valence-electron chi connectivity index (χ4n) is 6.95. The Hall–Kier alpha value is -7.11. The van der Waals surface area contributed by atoms with Crippen LogP contribution in [0.4, 0.5) is 0 Å². The Morgan fingerprint density at radius 1 is 0.633 bits per heavy atom. The number of β-lactam (4-membered cyclic amide) rings is 1. The van der Waals surface area contributed by atoms with Crippen molar-refractivity contribution in [2.24, 2.45) is 0 Å². The Morgan fingerprint density at radius 3 is 1.67 bits per heavy atom. The van der Waals surface area contributed by atoms with E-state index in [2.05, 4.69) is 5.32 Å². The third-order valence-corrected chi connectivity index (χ3v) is 11.4. The molecule has 0 aromatic heterocycles. The number of nitrogens with zero attached hydrogens (tertiary/aromatic N) is 1. The fourth-order valence-corrected chi connectivity index (χ4v) is 8.38. The van der Waals surface area contributed by atoms with Crippen LogP contribution in [-0.2, 0) is 30.5 Å². The van der Waals surface area contributed by atoms with Crippen molar-refractivity contribution in [1.29, 1.82) is 0 Å². The van der Waals surface area contributed by atoms with Crippen molar-refractivity contribution >= 4 is 35.5 Å². The largest absolute Gasteiger partial charge is 0.489 e. The second-order valence-corrected chi connectivity index (χ2v) is 15.4. The molecule has 8 rings (SSSR count). The van der Waals surface area contributed by atoms with E-state index >= 15 is 0 Å². The van der Waals surface area contributed by atoms with Crippen LogP contribution >= 0.6 is 11.8 Å². The Bertz CT molecular complexity index is 2410. The van der Waals surface area contributed by atoms with Gasteiger partial charge in [-0.25, -0.2) is 9.59 Å². The first kappa shape index (κ1) is 39.7. The summed E-state index contributed by atoms with van der Waals surface area (Å²) in [6.45, 7) is 1.57. The average molecular weight is 817 g/mol. The number of esters is 2. The third kappa shape index (κ3) is 9.11. The monoisotopic (exact) mass is 816 g/mol. The number of carbonyl (C=O) groups is 4. The Labute approximate surface area is 351 Å². The SMILES string of the molecule is CC(=O)NC1S[C@@H]2C(Oc3cccc(COc4ccc(C(=O)OC(c5ccccc5)c5ccccc5)cc4)c3)C(=O)N2C=C1C(=O)OC(c1ccccc1)c1ccccc1. The molecule has 11 heteroatoms. The zero-order chi connectivity index (χ0) is 41.4. The minimum atomic E-state index is -0.867. The summed E-state index contributed by atoms with van der Waals surface area (Å²) in [6.07, 6.45) is -0.675. The number of thioether (sulfide) groups is 1. The van der Waals surface area contributed by atoms with Crippen LogP contribution in [-0.4, -0.2) is 45.5 Å². The van der Waals surface area contributed by atoms with Crippen molar-refractivity contribution in [3.63, 3.8) is 0 Å². The van der Waals surface area contributed by atoms with Gasteiger partial charge in [0.1, 0.15) is 28.9 Å². The average Bonchev–Trinajstić information content (AvgIpc) is 3.29. The van der Waals surface area contributed by atoms with Gasteiger partial charge in [-0.05, 0) is 64.2 Å². The molecular formula is C49H40N2O8S. The highest BCUT2D eigenvalue weighted by molar-refractivity contribution is 8.00. The summed E-state index contributed by atoms with van der Waals surface area (Å²) in [5.41, 5.74) is 4.62. The van der Waals surface area contributed by atoms with Crippen molar-refractivity contribution in [1.82, 2.24) is 10.2 Å². The molecule has 1 saturated heterocycles. The number of nitrogens with one attached hydrogen (secondary N) is 1. The first-order valence-electron chi connectivity index (χ1n) is 19.4. The van der Waals surface area contributed by atoms with Gasteiger partial charge in [-0.2, -0.15) is 0 Å². The fraction of sp³-hybridized carbons (Fsp3) is 0.143. The predicted octanol–water partition coefficient (Wildman–Crippen LogP) is 8.55. The maximum Gasteiger partial charge on any atom is 0.339 e. The molecule has 0 spiro atoms. The highest BCUT2D eigenvalue weighted by Crippen LogP contribution is 2.42. The molecule has 2 amide bonds. The lowest BCUT2D eigenvalue weighted by atomic mass is 10.0. The molecule has 2 aliphatic heterocycles. The maximum absolute atomic E-state index is 13.8. The number of ether oxygens (including phenoxy) is 4. The number of carbonyl (C=O) groups excluding carboxylic acids is 4. The zero-order valence-electron chi connectivity index (χ0n) is 32.5. The molecule has 0 bridgehead atoms. The van der Waals surface area contributed by atoms with E-state index in [0.29, 0.717) is 17.1 Å². The number of fused-ring (bicyclic) bond motifs is 1. The van der Waals surface area contributed by atoms with Crippen molar-refractivity contribution in [2.45, 2.75) is 42.6 Å². The third-order valence-electron chi connectivity index (χ3n) is 9.95. The van der Waals surface area contributed by atoms with E-state index in [4.69, 9.17) is 18.9 Å². The van der Waals surface area contributed by atoms with E-state index in [9.17, 15) is 19.2 Å². The molecule has 0 aliphatic carbocycles. The lowest BCUT2D eigenvalue weighted by Crippen LogP contribution is -2.66. The second-order valence-electron chi connectivity index (χ2n) is 14.1. The van der Waals surface area contributed by atoms with Gasteiger partial charge in [0.2, 0.25) is 12.0 Å². The number of amides is 2. The van der Waals surface area contributed by atoms with Gasteiger partial charge in [0.25, 0.3) is 5.91 Å². The van der Waals surface area contributed by atoms with E-state index < -0.39 is 41.0 Å². The van der Waals surface area contributed by atoms with Crippen molar-refractivity contribution in [3.05, 3.63) is 215 Å². The first-order chi connectivity index (χ1) is 29.3. The summed E-state index contributed by atoms with van der Waals surface area (Å²) in [4.78, 5) is 54.3. The molecule has 6 aromatic carbocycles. The van der Waals surface area contributed by atoms with Crippen LogP contribution in [0.2, 0.25) is 0 Å². The van der Waals surface area contributed by atoms with Crippen molar-refractivity contribution < 1.29 is 38.1 Å². The minimum absolute atomic E-state index is 0.141. The lowest BCUT2D eigenvalue weighted by Gasteiger charge is -2.48. The predicted molar refractivity (Wildman–Crippen MR) is 227 cm³/mol. The van der Waals surface area contributed by atoms with E-state index in [-0.39, 0.29) is 24.0 Å². The minimum Gasteiger partial charge on any atom is -0.489 e. The van der Waals surface area contributed by atoms with Crippen LogP contribution in [0.5, 0.6) is 11.5 Å². The van der Waals surface area contributed by atoms with Gasteiger partial charge in [-0.1, -0.05) is 133 Å². The quantitative estimate of drug-likeness (QED) is 0.0852. The molecule has 6 aromatic rings. The van der Waals surface area contributed by atoms with Gasteiger partial charge < -0.3 is 24.3 Å². The highest BCUT2D eigenvalue weighted by Gasteiger charge is 2.54. The molecule has 300 valence electrons. The van der Waals surface area contributed by atoms with Crippen molar-refractivity contribution in [2.75, 3.05) is 0 Å². The highest BCUT2D eigenvalue weighted by atomic mass is 32.2. The van der Waals surface area contributed by atoms with Crippen LogP contribution in [0.25, 0.3) is 0 Å². The van der Waals surface area contributed by atoms with E-state index in [1.165, 1.54) is 29.8 Å². The van der Waals surface area contributed by atoms with E-state index in [1.54, 1.807) is 36.4 Å². The maximum atomic E-state index is 13.8. The normalized spacial score (nSPS) is 16.9. The summed E-state index contributed by atoms with van der Waals surface area (Å²) in [5.74, 6) is -0.782. The zero-order valence-corrected chi connectivity index (χ0v) is 33.3. The van der Waals surface area contributed by atoms with Crippen LogP contribution in [0.1, 0.15) is 57.3 Å². The van der Waals surface area contributed by atoms with E-state index in [0.717, 1.165) is 27.8 Å². The second kappa shape index (κ2) is 18.2. The number of hydrogen-bond acceptors (Lipinski definition) is 9. The summed E-state index contributed by atoms with van der Waals surface area (Å²) in [7, 11) is 0. The molecule has 2 aliphatic rings. The summed E-state index contributed by atoms with van der Waals surface area (Å²) in [5, 5.41) is 1.55. The van der Waals surface area contributed by atoms with Crippen LogP contribution < -0.4 is 14.8 Å². The molecule has 10 nitrogen and oxygen atoms in total. The van der Waals surface area contributed by atoms with Gasteiger partial charge in [-0.15, -0.1) is 11.8 Å². The molecule has 2 unspecified atom stereocenters. The van der Waals surface area contributed by atoms with Gasteiger partial charge in [-0.3, -0.25) is 14.5 Å². The van der Waals surface area contributed by atoms with Gasteiger partial charge in [0, 0.05) is 13.1 Å². The molecular weight excluding hydrogens is 777 g/mol.